The van der Waals surface area contributed by atoms with Crippen molar-refractivity contribution in [3.05, 3.63) is 54.9 Å². The molecule has 1 fully saturated rings. The summed E-state index contributed by atoms with van der Waals surface area (Å²) in [6.45, 7) is 2.83. The van der Waals surface area contributed by atoms with Gasteiger partial charge in [-0.1, -0.05) is 18.2 Å². The molecule has 1 aliphatic rings. The summed E-state index contributed by atoms with van der Waals surface area (Å²) in [5, 5.41) is 4.14. The highest BCUT2D eigenvalue weighted by molar-refractivity contribution is 7.90. The molecule has 1 N–H and O–H groups in total. The number of hydrogen-bond acceptors (Lipinski definition) is 6. The summed E-state index contributed by atoms with van der Waals surface area (Å²) in [5.74, 6) is 1.19. The predicted molar refractivity (Wildman–Crippen MR) is 108 cm³/mol. The Balaban J connectivity index is 1.49. The van der Waals surface area contributed by atoms with Crippen molar-refractivity contribution in [1.82, 2.24) is 9.97 Å². The van der Waals surface area contributed by atoms with E-state index in [0.717, 1.165) is 37.0 Å². The molecule has 2 aromatic carbocycles. The maximum absolute atomic E-state index is 11.9. The van der Waals surface area contributed by atoms with E-state index < -0.39 is 9.84 Å². The zero-order chi connectivity index (χ0) is 18.9. The lowest BCUT2D eigenvalue weighted by atomic mass is 10.1. The SMILES string of the molecule is CS(=O)(=O)c1ccc2ncnc(NCC3CCN(c4ccccc4)C3)c2c1. The molecule has 1 saturated heterocycles. The summed E-state index contributed by atoms with van der Waals surface area (Å²) in [6, 6.07) is 15.4. The first kappa shape index (κ1) is 17.7. The molecule has 0 aliphatic carbocycles. The summed E-state index contributed by atoms with van der Waals surface area (Å²) in [5.41, 5.74) is 1.99. The Labute approximate surface area is 159 Å². The van der Waals surface area contributed by atoms with E-state index in [1.165, 1.54) is 18.3 Å². The lowest BCUT2D eigenvalue weighted by Gasteiger charge is -2.19. The molecule has 6 nitrogen and oxygen atoms in total. The summed E-state index contributed by atoms with van der Waals surface area (Å²) in [7, 11) is -3.27. The van der Waals surface area contributed by atoms with E-state index in [-0.39, 0.29) is 4.90 Å². The average Bonchev–Trinajstić information content (AvgIpc) is 3.15. The van der Waals surface area contributed by atoms with Crippen LogP contribution in [0, 0.1) is 5.92 Å². The summed E-state index contributed by atoms with van der Waals surface area (Å²) < 4.78 is 23.7. The number of nitrogens with one attached hydrogen (secondary N) is 1. The monoisotopic (exact) mass is 382 g/mol. The number of sulfone groups is 1. The van der Waals surface area contributed by atoms with Crippen LogP contribution in [0.25, 0.3) is 10.9 Å². The number of fused-ring (bicyclic) bond motifs is 1. The molecule has 0 spiro atoms. The van der Waals surface area contributed by atoms with Gasteiger partial charge in [-0.25, -0.2) is 18.4 Å². The van der Waals surface area contributed by atoms with Crippen LogP contribution < -0.4 is 10.2 Å². The quantitative estimate of drug-likeness (QED) is 0.731. The zero-order valence-corrected chi connectivity index (χ0v) is 16.0. The van der Waals surface area contributed by atoms with Gasteiger partial charge in [-0.3, -0.25) is 0 Å². The summed E-state index contributed by atoms with van der Waals surface area (Å²) in [6.07, 6.45) is 3.83. The van der Waals surface area contributed by atoms with Gasteiger partial charge in [0.15, 0.2) is 9.84 Å². The van der Waals surface area contributed by atoms with Gasteiger partial charge in [0, 0.05) is 37.0 Å². The van der Waals surface area contributed by atoms with Crippen molar-refractivity contribution in [2.75, 3.05) is 36.1 Å². The summed E-state index contributed by atoms with van der Waals surface area (Å²) >= 11 is 0. The topological polar surface area (TPSA) is 75.2 Å². The number of anilines is 2. The number of hydrogen-bond donors (Lipinski definition) is 1. The van der Waals surface area contributed by atoms with Crippen LogP contribution in [0.1, 0.15) is 6.42 Å². The van der Waals surface area contributed by atoms with Crippen molar-refractivity contribution in [2.24, 2.45) is 5.92 Å². The first-order chi connectivity index (χ1) is 13.0. The van der Waals surface area contributed by atoms with Crippen LogP contribution in [-0.4, -0.2) is 44.3 Å². The second kappa shape index (κ2) is 7.15. The van der Waals surface area contributed by atoms with Crippen LogP contribution in [0.4, 0.5) is 11.5 Å². The Morgan fingerprint density at radius 2 is 1.96 bits per heavy atom. The Kier molecular flexibility index (Phi) is 4.70. The van der Waals surface area contributed by atoms with Crippen molar-refractivity contribution in [1.29, 1.82) is 0 Å². The highest BCUT2D eigenvalue weighted by Gasteiger charge is 2.22. The van der Waals surface area contributed by atoms with Gasteiger partial charge >= 0.3 is 0 Å². The number of benzene rings is 2. The predicted octanol–water partition coefficient (Wildman–Crippen LogP) is 2.97. The Morgan fingerprint density at radius 1 is 1.15 bits per heavy atom. The second-order valence-corrected chi connectivity index (χ2v) is 9.01. The molecule has 4 rings (SSSR count). The molecular formula is C20H22N4O2S. The molecular weight excluding hydrogens is 360 g/mol. The fourth-order valence-corrected chi connectivity index (χ4v) is 4.17. The van der Waals surface area contributed by atoms with E-state index in [1.54, 1.807) is 18.2 Å². The smallest absolute Gasteiger partial charge is 0.175 e. The maximum Gasteiger partial charge on any atom is 0.175 e. The summed E-state index contributed by atoms with van der Waals surface area (Å²) in [4.78, 5) is 11.3. The Hall–Kier alpha value is -2.67. The molecule has 1 unspecified atom stereocenters. The molecule has 1 atom stereocenters. The molecule has 0 bridgehead atoms. The van der Waals surface area contributed by atoms with Crippen molar-refractivity contribution in [3.8, 4) is 0 Å². The van der Waals surface area contributed by atoms with Gasteiger partial charge in [-0.05, 0) is 42.7 Å². The number of rotatable bonds is 5. The first-order valence-electron chi connectivity index (χ1n) is 8.99. The van der Waals surface area contributed by atoms with Crippen LogP contribution in [0.15, 0.2) is 59.8 Å². The highest BCUT2D eigenvalue weighted by Crippen LogP contribution is 2.26. The van der Waals surface area contributed by atoms with Crippen LogP contribution in [0.2, 0.25) is 0 Å². The zero-order valence-electron chi connectivity index (χ0n) is 15.2. The van der Waals surface area contributed by atoms with Gasteiger partial charge in [0.2, 0.25) is 0 Å². The average molecular weight is 382 g/mol. The third-order valence-corrected chi connectivity index (χ3v) is 6.11. The Morgan fingerprint density at radius 3 is 2.74 bits per heavy atom. The maximum atomic E-state index is 11.9. The van der Waals surface area contributed by atoms with Crippen LogP contribution >= 0.6 is 0 Å². The fraction of sp³-hybridized carbons (Fsp3) is 0.300. The van der Waals surface area contributed by atoms with Gasteiger partial charge in [0.1, 0.15) is 12.1 Å². The van der Waals surface area contributed by atoms with Gasteiger partial charge in [-0.2, -0.15) is 0 Å². The number of aromatic nitrogens is 2. The molecule has 140 valence electrons. The van der Waals surface area contributed by atoms with Crippen molar-refractivity contribution >= 4 is 32.2 Å². The van der Waals surface area contributed by atoms with Gasteiger partial charge in [0.05, 0.1) is 10.4 Å². The van der Waals surface area contributed by atoms with E-state index in [2.05, 4.69) is 44.5 Å². The minimum Gasteiger partial charge on any atom is -0.371 e. The van der Waals surface area contributed by atoms with Crippen LogP contribution in [0.3, 0.4) is 0 Å². The molecule has 1 aromatic heterocycles. The van der Waals surface area contributed by atoms with Crippen molar-refractivity contribution in [2.45, 2.75) is 11.3 Å². The highest BCUT2D eigenvalue weighted by atomic mass is 32.2. The largest absolute Gasteiger partial charge is 0.371 e. The lowest BCUT2D eigenvalue weighted by molar-refractivity contribution is 0.602. The van der Waals surface area contributed by atoms with Crippen LogP contribution in [-0.2, 0) is 9.84 Å². The molecule has 2 heterocycles. The van der Waals surface area contributed by atoms with Crippen LogP contribution in [0.5, 0.6) is 0 Å². The second-order valence-electron chi connectivity index (χ2n) is 6.99. The van der Waals surface area contributed by atoms with Gasteiger partial charge in [-0.15, -0.1) is 0 Å². The van der Waals surface area contributed by atoms with Crippen molar-refractivity contribution in [3.63, 3.8) is 0 Å². The third kappa shape index (κ3) is 3.88. The molecule has 0 radical (unpaired) electrons. The normalized spacial score (nSPS) is 17.4. The van der Waals surface area contributed by atoms with E-state index in [0.29, 0.717) is 11.7 Å². The Bertz CT molecular complexity index is 1050. The standard InChI is InChI=1S/C20H22N4O2S/c1-27(25,26)17-7-8-19-18(11-17)20(23-14-22-19)21-12-15-9-10-24(13-15)16-5-3-2-4-6-16/h2-8,11,14-15H,9-10,12-13H2,1H3,(H,21,22,23). The molecule has 3 aromatic rings. The minimum absolute atomic E-state index is 0.281. The van der Waals surface area contributed by atoms with E-state index >= 15 is 0 Å². The number of para-hydroxylation sites is 1. The minimum atomic E-state index is -3.27. The number of nitrogens with zero attached hydrogens (tertiary/aromatic N) is 3. The molecule has 7 heteroatoms. The van der Waals surface area contributed by atoms with Crippen molar-refractivity contribution < 1.29 is 8.42 Å². The molecule has 0 amide bonds. The van der Waals surface area contributed by atoms with E-state index in [1.807, 2.05) is 6.07 Å². The van der Waals surface area contributed by atoms with E-state index in [9.17, 15) is 8.42 Å². The lowest BCUT2D eigenvalue weighted by Crippen LogP contribution is -2.22. The third-order valence-electron chi connectivity index (χ3n) is 5.00. The van der Waals surface area contributed by atoms with Gasteiger partial charge in [0.25, 0.3) is 0 Å². The first-order valence-corrected chi connectivity index (χ1v) is 10.9. The van der Waals surface area contributed by atoms with Gasteiger partial charge < -0.3 is 10.2 Å². The molecule has 0 saturated carbocycles. The molecule has 1 aliphatic heterocycles. The fourth-order valence-electron chi connectivity index (χ4n) is 3.52. The molecule has 27 heavy (non-hydrogen) atoms. The van der Waals surface area contributed by atoms with E-state index in [4.69, 9.17) is 0 Å².